The van der Waals surface area contributed by atoms with Crippen LogP contribution < -0.4 is 5.32 Å². The minimum atomic E-state index is -3.15. The third-order valence-corrected chi connectivity index (χ3v) is 3.12. The van der Waals surface area contributed by atoms with Crippen molar-refractivity contribution in [3.8, 4) is 0 Å². The van der Waals surface area contributed by atoms with Crippen LogP contribution in [0.5, 0.6) is 0 Å². The number of rotatable bonds is 3. The van der Waals surface area contributed by atoms with Crippen molar-refractivity contribution >= 4 is 15.7 Å². The molecule has 0 aromatic heterocycles. The molecule has 0 spiro atoms. The minimum Gasteiger partial charge on any atom is -0.359 e. The average Bonchev–Trinajstić information content (AvgIpc) is 2.17. The van der Waals surface area contributed by atoms with Crippen LogP contribution in [0.15, 0.2) is 29.2 Å². The standard InChI is InChI=1S/C10H13NO3S/c1-11-10(12)7-8-3-5-9(6-4-8)15(2,13)14/h3-6H,7H2,1-2H3,(H,11,12). The number of amides is 1. The van der Waals surface area contributed by atoms with Gasteiger partial charge in [-0.05, 0) is 17.7 Å². The van der Waals surface area contributed by atoms with E-state index < -0.39 is 9.84 Å². The van der Waals surface area contributed by atoms with Crippen LogP contribution in [0.2, 0.25) is 0 Å². The number of carbonyl (C=O) groups is 1. The fourth-order valence-electron chi connectivity index (χ4n) is 1.13. The Morgan fingerprint density at radius 3 is 2.20 bits per heavy atom. The normalized spacial score (nSPS) is 11.1. The third kappa shape index (κ3) is 3.36. The van der Waals surface area contributed by atoms with Gasteiger partial charge in [-0.1, -0.05) is 12.1 Å². The zero-order valence-corrected chi connectivity index (χ0v) is 9.47. The summed E-state index contributed by atoms with van der Waals surface area (Å²) in [5.41, 5.74) is 0.793. The van der Waals surface area contributed by atoms with Crippen LogP contribution in [0.4, 0.5) is 0 Å². The highest BCUT2D eigenvalue weighted by Gasteiger charge is 2.07. The van der Waals surface area contributed by atoms with E-state index in [2.05, 4.69) is 5.32 Å². The van der Waals surface area contributed by atoms with Crippen molar-refractivity contribution in [2.75, 3.05) is 13.3 Å². The molecule has 4 nitrogen and oxygen atoms in total. The zero-order chi connectivity index (χ0) is 11.5. The predicted molar refractivity (Wildman–Crippen MR) is 57.3 cm³/mol. The van der Waals surface area contributed by atoms with Gasteiger partial charge in [-0.15, -0.1) is 0 Å². The van der Waals surface area contributed by atoms with Crippen LogP contribution >= 0.6 is 0 Å². The van der Waals surface area contributed by atoms with Crippen LogP contribution in [-0.4, -0.2) is 27.6 Å². The van der Waals surface area contributed by atoms with Crippen LogP contribution in [0.3, 0.4) is 0 Å². The summed E-state index contributed by atoms with van der Waals surface area (Å²) >= 11 is 0. The Balaban J connectivity index is 2.86. The van der Waals surface area contributed by atoms with E-state index in [0.29, 0.717) is 0 Å². The van der Waals surface area contributed by atoms with Gasteiger partial charge in [0, 0.05) is 13.3 Å². The first kappa shape index (κ1) is 11.7. The van der Waals surface area contributed by atoms with Crippen molar-refractivity contribution in [2.24, 2.45) is 0 Å². The molecule has 5 heteroatoms. The SMILES string of the molecule is CNC(=O)Cc1ccc(S(C)(=O)=O)cc1. The largest absolute Gasteiger partial charge is 0.359 e. The van der Waals surface area contributed by atoms with Gasteiger partial charge in [0.25, 0.3) is 0 Å². The molecule has 0 heterocycles. The van der Waals surface area contributed by atoms with Crippen LogP contribution in [0.25, 0.3) is 0 Å². The molecule has 0 unspecified atom stereocenters. The maximum Gasteiger partial charge on any atom is 0.224 e. The zero-order valence-electron chi connectivity index (χ0n) is 8.65. The lowest BCUT2D eigenvalue weighted by Gasteiger charge is -2.02. The summed E-state index contributed by atoms with van der Waals surface area (Å²) in [7, 11) is -1.59. The Morgan fingerprint density at radius 1 is 1.27 bits per heavy atom. The first-order chi connectivity index (χ1) is 6.93. The Labute approximate surface area is 89.2 Å². The molecule has 1 aromatic carbocycles. The van der Waals surface area contributed by atoms with Gasteiger partial charge in [-0.3, -0.25) is 4.79 Å². The quantitative estimate of drug-likeness (QED) is 0.812. The molecule has 1 rings (SSSR count). The molecule has 82 valence electrons. The van der Waals surface area contributed by atoms with E-state index >= 15 is 0 Å². The van der Waals surface area contributed by atoms with E-state index in [4.69, 9.17) is 0 Å². The van der Waals surface area contributed by atoms with E-state index in [1.54, 1.807) is 19.2 Å². The van der Waals surface area contributed by atoms with Gasteiger partial charge in [0.2, 0.25) is 5.91 Å². The molecule has 0 aliphatic rings. The van der Waals surface area contributed by atoms with Gasteiger partial charge in [-0.25, -0.2) is 8.42 Å². The van der Waals surface area contributed by atoms with E-state index in [1.165, 1.54) is 12.1 Å². The molecule has 1 aromatic rings. The number of benzene rings is 1. The summed E-state index contributed by atoms with van der Waals surface area (Å²) < 4.78 is 22.3. The second-order valence-electron chi connectivity index (χ2n) is 3.27. The lowest BCUT2D eigenvalue weighted by Crippen LogP contribution is -2.19. The molecule has 0 atom stereocenters. The van der Waals surface area contributed by atoms with Gasteiger partial charge in [-0.2, -0.15) is 0 Å². The summed E-state index contributed by atoms with van der Waals surface area (Å²) in [6.07, 6.45) is 1.42. The van der Waals surface area contributed by atoms with Gasteiger partial charge in [0.15, 0.2) is 9.84 Å². The number of carbonyl (C=O) groups excluding carboxylic acids is 1. The second-order valence-corrected chi connectivity index (χ2v) is 5.28. The van der Waals surface area contributed by atoms with Crippen LogP contribution in [0, 0.1) is 0 Å². The van der Waals surface area contributed by atoms with E-state index in [0.717, 1.165) is 11.8 Å². The average molecular weight is 227 g/mol. The highest BCUT2D eigenvalue weighted by molar-refractivity contribution is 7.90. The Kier molecular flexibility index (Phi) is 3.47. The van der Waals surface area contributed by atoms with Crippen molar-refractivity contribution in [1.82, 2.24) is 5.32 Å². The van der Waals surface area contributed by atoms with Gasteiger partial charge < -0.3 is 5.32 Å². The number of nitrogens with one attached hydrogen (secondary N) is 1. The van der Waals surface area contributed by atoms with E-state index in [9.17, 15) is 13.2 Å². The summed E-state index contributed by atoms with van der Waals surface area (Å²) in [5.74, 6) is -0.0953. The lowest BCUT2D eigenvalue weighted by atomic mass is 10.1. The molecule has 0 saturated heterocycles. The summed E-state index contributed by atoms with van der Waals surface area (Å²) in [6.45, 7) is 0. The molecular formula is C10H13NO3S. The monoisotopic (exact) mass is 227 g/mol. The van der Waals surface area contributed by atoms with Gasteiger partial charge in [0.05, 0.1) is 11.3 Å². The molecule has 15 heavy (non-hydrogen) atoms. The molecule has 0 fully saturated rings. The highest BCUT2D eigenvalue weighted by Crippen LogP contribution is 2.10. The first-order valence-corrected chi connectivity index (χ1v) is 6.32. The second kappa shape index (κ2) is 4.44. The van der Waals surface area contributed by atoms with Gasteiger partial charge >= 0.3 is 0 Å². The van der Waals surface area contributed by atoms with E-state index in [1.807, 2.05) is 0 Å². The molecule has 0 saturated carbocycles. The fourth-order valence-corrected chi connectivity index (χ4v) is 1.76. The van der Waals surface area contributed by atoms with E-state index in [-0.39, 0.29) is 17.2 Å². The Bertz CT molecular complexity index is 448. The van der Waals surface area contributed by atoms with Gasteiger partial charge in [0.1, 0.15) is 0 Å². The Hall–Kier alpha value is -1.36. The topological polar surface area (TPSA) is 63.2 Å². The number of hydrogen-bond acceptors (Lipinski definition) is 3. The molecule has 1 amide bonds. The minimum absolute atomic E-state index is 0.0953. The lowest BCUT2D eigenvalue weighted by molar-refractivity contribution is -0.119. The summed E-state index contributed by atoms with van der Waals surface area (Å²) in [5, 5.41) is 2.50. The first-order valence-electron chi connectivity index (χ1n) is 4.43. The molecule has 0 aliphatic carbocycles. The molecule has 0 aliphatic heterocycles. The Morgan fingerprint density at radius 2 is 1.80 bits per heavy atom. The third-order valence-electron chi connectivity index (χ3n) is 2.00. The van der Waals surface area contributed by atoms with Crippen molar-refractivity contribution in [2.45, 2.75) is 11.3 Å². The maximum atomic E-state index is 11.1. The molecule has 0 bridgehead atoms. The fraction of sp³-hybridized carbons (Fsp3) is 0.300. The number of hydrogen-bond donors (Lipinski definition) is 1. The smallest absolute Gasteiger partial charge is 0.224 e. The molecular weight excluding hydrogens is 214 g/mol. The number of sulfone groups is 1. The molecule has 0 radical (unpaired) electrons. The highest BCUT2D eigenvalue weighted by atomic mass is 32.2. The van der Waals surface area contributed by atoms with Crippen LogP contribution in [-0.2, 0) is 21.1 Å². The van der Waals surface area contributed by atoms with Crippen LogP contribution in [0.1, 0.15) is 5.56 Å². The van der Waals surface area contributed by atoms with Crippen molar-refractivity contribution < 1.29 is 13.2 Å². The summed E-state index contributed by atoms with van der Waals surface area (Å²) in [6, 6.07) is 6.30. The van der Waals surface area contributed by atoms with Crippen molar-refractivity contribution in [3.63, 3.8) is 0 Å². The predicted octanol–water partition coefficient (Wildman–Crippen LogP) is 0.379. The van der Waals surface area contributed by atoms with Crippen molar-refractivity contribution in [1.29, 1.82) is 0 Å². The number of likely N-dealkylation sites (N-methyl/N-ethyl adjacent to an activating group) is 1. The maximum absolute atomic E-state index is 11.1. The summed E-state index contributed by atoms with van der Waals surface area (Å²) in [4.78, 5) is 11.3. The van der Waals surface area contributed by atoms with Crippen molar-refractivity contribution in [3.05, 3.63) is 29.8 Å². The molecule has 1 N–H and O–H groups in total.